The normalized spacial score (nSPS) is 12.0. The van der Waals surface area contributed by atoms with E-state index in [-0.39, 0.29) is 11.2 Å². The zero-order valence-electron chi connectivity index (χ0n) is 20.2. The summed E-state index contributed by atoms with van der Waals surface area (Å²) in [6.45, 7) is 3.86. The molecule has 0 radical (unpaired) electrons. The highest BCUT2D eigenvalue weighted by Gasteiger charge is 2.17. The highest BCUT2D eigenvalue weighted by atomic mass is 32.1. The van der Waals surface area contributed by atoms with Crippen LogP contribution in [0.2, 0.25) is 0 Å². The molecule has 5 rings (SSSR count). The molecule has 0 amide bonds. The third-order valence-electron chi connectivity index (χ3n) is 5.83. The first kappa shape index (κ1) is 24.3. The molecule has 37 heavy (non-hydrogen) atoms. The van der Waals surface area contributed by atoms with E-state index in [1.54, 1.807) is 43.7 Å². The first-order chi connectivity index (χ1) is 17.8. The van der Waals surface area contributed by atoms with Crippen LogP contribution < -0.4 is 10.4 Å². The molecule has 9 nitrogen and oxygen atoms in total. The lowest BCUT2D eigenvalue weighted by Gasteiger charge is -2.07. The zero-order chi connectivity index (χ0) is 26.1. The highest BCUT2D eigenvalue weighted by Crippen LogP contribution is 2.25. The summed E-state index contributed by atoms with van der Waals surface area (Å²) in [4.78, 5) is 31.7. The minimum Gasteiger partial charge on any atom is -0.283 e. The van der Waals surface area contributed by atoms with Crippen LogP contribution in [0.1, 0.15) is 15.4 Å². The quantitative estimate of drug-likeness (QED) is 0.167. The Morgan fingerprint density at radius 2 is 1.81 bits per heavy atom. The van der Waals surface area contributed by atoms with E-state index in [9.17, 15) is 14.9 Å². The summed E-state index contributed by atoms with van der Waals surface area (Å²) in [5, 5.41) is 17.9. The van der Waals surface area contributed by atoms with Crippen molar-refractivity contribution in [1.29, 1.82) is 0 Å². The van der Waals surface area contributed by atoms with Gasteiger partial charge >= 0.3 is 0 Å². The lowest BCUT2D eigenvalue weighted by atomic mass is 10.1. The van der Waals surface area contributed by atoms with Crippen molar-refractivity contribution in [2.45, 2.75) is 13.8 Å². The van der Waals surface area contributed by atoms with Crippen molar-refractivity contribution in [2.24, 2.45) is 17.1 Å². The molecular formula is C26H22N6O3S2. The summed E-state index contributed by atoms with van der Waals surface area (Å²) >= 11 is 2.91. The predicted octanol–water partition coefficient (Wildman–Crippen LogP) is 5.41. The molecule has 0 aliphatic heterocycles. The van der Waals surface area contributed by atoms with E-state index in [0.717, 1.165) is 15.4 Å². The molecule has 2 aromatic carbocycles. The third-order valence-corrected chi connectivity index (χ3v) is 7.58. The SMILES string of the molecule is Cc1ccc(C=Nn2c(-c3cccc([N+](=O)[O-])c3)csc2=Nc2c(C)n(C)n(-c3ccccc3)c2=O)s1. The highest BCUT2D eigenvalue weighted by molar-refractivity contribution is 7.13. The van der Waals surface area contributed by atoms with E-state index in [1.165, 1.54) is 23.5 Å². The summed E-state index contributed by atoms with van der Waals surface area (Å²) in [7, 11) is 1.82. The Morgan fingerprint density at radius 1 is 1.03 bits per heavy atom. The van der Waals surface area contributed by atoms with Crippen LogP contribution in [0.25, 0.3) is 16.9 Å². The molecule has 0 saturated heterocycles. The maximum atomic E-state index is 13.4. The van der Waals surface area contributed by atoms with Crippen molar-refractivity contribution in [3.8, 4) is 16.9 Å². The van der Waals surface area contributed by atoms with Gasteiger partial charge in [-0.15, -0.1) is 22.7 Å². The van der Waals surface area contributed by atoms with Crippen molar-refractivity contribution in [1.82, 2.24) is 14.0 Å². The van der Waals surface area contributed by atoms with Gasteiger partial charge in [0.25, 0.3) is 11.2 Å². The van der Waals surface area contributed by atoms with Crippen LogP contribution in [0.15, 0.2) is 87.0 Å². The predicted molar refractivity (Wildman–Crippen MR) is 147 cm³/mol. The van der Waals surface area contributed by atoms with E-state index < -0.39 is 4.92 Å². The number of nitro benzene ring substituents is 1. The number of rotatable bonds is 6. The summed E-state index contributed by atoms with van der Waals surface area (Å²) in [6, 6.07) is 19.7. The van der Waals surface area contributed by atoms with Crippen LogP contribution >= 0.6 is 22.7 Å². The fourth-order valence-electron chi connectivity index (χ4n) is 3.88. The van der Waals surface area contributed by atoms with Gasteiger partial charge in [-0.2, -0.15) is 5.10 Å². The molecule has 11 heteroatoms. The Kier molecular flexibility index (Phi) is 6.55. The number of hydrogen-bond donors (Lipinski definition) is 0. The fraction of sp³-hybridized carbons (Fsp3) is 0.115. The Balaban J connectivity index is 1.70. The van der Waals surface area contributed by atoms with Gasteiger partial charge in [-0.1, -0.05) is 30.3 Å². The van der Waals surface area contributed by atoms with Crippen LogP contribution in [0.5, 0.6) is 0 Å². The van der Waals surface area contributed by atoms with Crippen LogP contribution in [-0.4, -0.2) is 25.2 Å². The Hall–Kier alpha value is -4.35. The van der Waals surface area contributed by atoms with Crippen LogP contribution in [-0.2, 0) is 7.05 Å². The van der Waals surface area contributed by atoms with Gasteiger partial charge in [-0.3, -0.25) is 19.6 Å². The van der Waals surface area contributed by atoms with Crippen LogP contribution in [0, 0.1) is 24.0 Å². The smallest absolute Gasteiger partial charge is 0.283 e. The molecular weight excluding hydrogens is 508 g/mol. The molecule has 186 valence electrons. The van der Waals surface area contributed by atoms with Gasteiger partial charge in [0.15, 0.2) is 5.69 Å². The topological polar surface area (TPSA) is 99.7 Å². The summed E-state index contributed by atoms with van der Waals surface area (Å²) < 4.78 is 4.97. The first-order valence-electron chi connectivity index (χ1n) is 11.3. The number of para-hydroxylation sites is 1. The molecule has 0 fully saturated rings. The molecule has 0 saturated carbocycles. The number of benzene rings is 2. The molecule has 3 heterocycles. The van der Waals surface area contributed by atoms with Crippen molar-refractivity contribution in [2.75, 3.05) is 0 Å². The van der Waals surface area contributed by atoms with Crippen LogP contribution in [0.4, 0.5) is 11.4 Å². The van der Waals surface area contributed by atoms with Gasteiger partial charge in [0.05, 0.1) is 28.2 Å². The van der Waals surface area contributed by atoms with Gasteiger partial charge in [0.2, 0.25) is 4.80 Å². The van der Waals surface area contributed by atoms with Gasteiger partial charge in [0.1, 0.15) is 0 Å². The van der Waals surface area contributed by atoms with Crippen molar-refractivity contribution >= 4 is 40.3 Å². The Morgan fingerprint density at radius 3 is 2.51 bits per heavy atom. The molecule has 5 aromatic rings. The maximum absolute atomic E-state index is 13.4. The van der Waals surface area contributed by atoms with E-state index in [2.05, 4.69) is 5.10 Å². The molecule has 0 bridgehead atoms. The van der Waals surface area contributed by atoms with E-state index in [4.69, 9.17) is 4.99 Å². The molecule has 0 aliphatic rings. The van der Waals surface area contributed by atoms with Gasteiger partial charge in [-0.05, 0) is 38.1 Å². The van der Waals surface area contributed by atoms with E-state index >= 15 is 0 Å². The third kappa shape index (κ3) is 4.74. The zero-order valence-corrected chi connectivity index (χ0v) is 21.9. The summed E-state index contributed by atoms with van der Waals surface area (Å²) in [5.74, 6) is 0. The molecule has 0 spiro atoms. The summed E-state index contributed by atoms with van der Waals surface area (Å²) in [6.07, 6.45) is 1.73. The van der Waals surface area contributed by atoms with E-state index in [1.807, 2.05) is 68.7 Å². The number of non-ortho nitro benzene ring substituents is 1. The monoisotopic (exact) mass is 530 g/mol. The fourth-order valence-corrected chi connectivity index (χ4v) is 5.47. The second kappa shape index (κ2) is 9.96. The number of thiazole rings is 1. The van der Waals surface area contributed by atoms with Crippen molar-refractivity contribution < 1.29 is 4.92 Å². The first-order valence-corrected chi connectivity index (χ1v) is 13.0. The molecule has 0 unspecified atom stereocenters. The lowest BCUT2D eigenvalue weighted by Crippen LogP contribution is -2.19. The number of thiophene rings is 1. The van der Waals surface area contributed by atoms with E-state index in [0.29, 0.717) is 27.4 Å². The molecule has 0 atom stereocenters. The number of nitro groups is 1. The van der Waals surface area contributed by atoms with Crippen molar-refractivity contribution in [3.63, 3.8) is 0 Å². The molecule has 0 aliphatic carbocycles. The van der Waals surface area contributed by atoms with Gasteiger partial charge in [-0.25, -0.2) is 14.4 Å². The average Bonchev–Trinajstić information content (AvgIpc) is 3.56. The summed E-state index contributed by atoms with van der Waals surface area (Å²) in [5.41, 5.74) is 2.73. The minimum atomic E-state index is -0.428. The van der Waals surface area contributed by atoms with Crippen molar-refractivity contribution in [3.05, 3.63) is 113 Å². The number of aromatic nitrogens is 3. The lowest BCUT2D eigenvalue weighted by molar-refractivity contribution is -0.384. The molecule has 0 N–H and O–H groups in total. The largest absolute Gasteiger partial charge is 0.297 e. The number of nitrogens with zero attached hydrogens (tertiary/aromatic N) is 6. The Bertz CT molecular complexity index is 1770. The average molecular weight is 531 g/mol. The second-order valence-electron chi connectivity index (χ2n) is 8.24. The Labute approximate surface area is 219 Å². The second-order valence-corrected chi connectivity index (χ2v) is 10.4. The molecule has 3 aromatic heterocycles. The standard InChI is InChI=1S/C26H22N6O3S2/c1-17-12-13-22(37-17)15-27-30-23(19-8-7-11-21(14-19)32(34)35)16-36-26(30)28-24-18(2)29(3)31(25(24)33)20-9-5-4-6-10-20/h4-16H,1-3H3. The van der Waals surface area contributed by atoms with Gasteiger partial charge < -0.3 is 0 Å². The van der Waals surface area contributed by atoms with Gasteiger partial charge in [0, 0.05) is 39.9 Å². The van der Waals surface area contributed by atoms with Crippen LogP contribution in [0.3, 0.4) is 0 Å². The maximum Gasteiger partial charge on any atom is 0.297 e. The number of aryl methyl sites for hydroxylation is 1. The number of hydrogen-bond acceptors (Lipinski definition) is 7. The minimum absolute atomic E-state index is 0.0174.